The third-order valence-corrected chi connectivity index (χ3v) is 3.35. The van der Waals surface area contributed by atoms with Gasteiger partial charge in [-0.3, -0.25) is 5.32 Å². The second-order valence-corrected chi connectivity index (χ2v) is 5.35. The van der Waals surface area contributed by atoms with Crippen LogP contribution in [0.3, 0.4) is 0 Å². The number of fused-ring (bicyclic) bond motifs is 1. The average molecular weight is 343 g/mol. The lowest BCUT2D eigenvalue weighted by atomic mass is 10.3. The largest absolute Gasteiger partial charge is 0.339 e. The van der Waals surface area contributed by atoms with Gasteiger partial charge in [0.15, 0.2) is 11.5 Å². The number of halogens is 1. The number of pyridine rings is 1. The normalized spacial score (nSPS) is 10.4. The highest BCUT2D eigenvalue weighted by molar-refractivity contribution is 6.30. The fourth-order valence-corrected chi connectivity index (χ4v) is 2.16. The summed E-state index contributed by atoms with van der Waals surface area (Å²) in [7, 11) is 0. The summed E-state index contributed by atoms with van der Waals surface area (Å²) in [6, 6.07) is 10.4. The van der Waals surface area contributed by atoms with Crippen molar-refractivity contribution >= 4 is 46.1 Å². The van der Waals surface area contributed by atoms with Crippen molar-refractivity contribution in [3.8, 4) is 0 Å². The Morgan fingerprint density at radius 3 is 2.58 bits per heavy atom. The molecule has 3 rings (SSSR count). The summed E-state index contributed by atoms with van der Waals surface area (Å²) in [6.07, 6.45) is 1.62. The number of hydrogen-bond acceptors (Lipinski definition) is 5. The van der Waals surface area contributed by atoms with Crippen molar-refractivity contribution in [2.24, 2.45) is 0 Å². The van der Waals surface area contributed by atoms with E-state index in [1.807, 2.05) is 19.1 Å². The smallest absolute Gasteiger partial charge is 0.320 e. The maximum absolute atomic E-state index is 11.6. The number of carbonyl (C=O) groups excluding carboxylic acids is 1. The highest BCUT2D eigenvalue weighted by Gasteiger charge is 2.06. The number of nitrogens with zero attached hydrogens (tertiary/aromatic N) is 3. The maximum Gasteiger partial charge on any atom is 0.320 e. The highest BCUT2D eigenvalue weighted by Crippen LogP contribution is 2.19. The number of hydrogen-bond donors (Lipinski definition) is 3. The van der Waals surface area contributed by atoms with Gasteiger partial charge in [-0.15, -0.1) is 0 Å². The average Bonchev–Trinajstić information content (AvgIpc) is 2.57. The molecule has 0 saturated carbocycles. The van der Waals surface area contributed by atoms with Gasteiger partial charge in [0, 0.05) is 17.3 Å². The molecule has 24 heavy (non-hydrogen) atoms. The Bertz CT molecular complexity index is 868. The molecule has 0 aliphatic rings. The van der Waals surface area contributed by atoms with Crippen molar-refractivity contribution in [2.75, 3.05) is 17.2 Å². The lowest BCUT2D eigenvalue weighted by Gasteiger charge is -2.08. The Balaban J connectivity index is 1.83. The van der Waals surface area contributed by atoms with Crippen LogP contribution in [0.15, 0.2) is 42.6 Å². The summed E-state index contributed by atoms with van der Waals surface area (Å²) in [6.45, 7) is 2.38. The zero-order valence-corrected chi connectivity index (χ0v) is 13.6. The highest BCUT2D eigenvalue weighted by atomic mass is 35.5. The van der Waals surface area contributed by atoms with Crippen molar-refractivity contribution in [1.29, 1.82) is 0 Å². The second-order valence-electron chi connectivity index (χ2n) is 4.91. The van der Waals surface area contributed by atoms with Crippen LogP contribution in [0.1, 0.15) is 6.92 Å². The van der Waals surface area contributed by atoms with Gasteiger partial charge in [0.2, 0.25) is 0 Å². The molecular formula is C16H15ClN6O. The Morgan fingerprint density at radius 2 is 1.83 bits per heavy atom. The van der Waals surface area contributed by atoms with Gasteiger partial charge >= 0.3 is 6.03 Å². The summed E-state index contributed by atoms with van der Waals surface area (Å²) in [5.74, 6) is 0.957. The van der Waals surface area contributed by atoms with Gasteiger partial charge in [-0.2, -0.15) is 0 Å². The Morgan fingerprint density at radius 1 is 1.08 bits per heavy atom. The van der Waals surface area contributed by atoms with E-state index in [4.69, 9.17) is 11.6 Å². The van der Waals surface area contributed by atoms with Gasteiger partial charge in [-0.25, -0.2) is 19.7 Å². The standard InChI is InChI=1S/C16H15ClN6O/c1-2-18-16(24)23-13-8-7-12-15(21-13)22-14(9-19-12)20-11-5-3-10(17)4-6-11/h3-9H,2H2,1H3,(H3,18,20,21,22,23,24). The van der Waals surface area contributed by atoms with Gasteiger partial charge in [-0.1, -0.05) is 11.6 Å². The molecule has 2 aromatic heterocycles. The third-order valence-electron chi connectivity index (χ3n) is 3.10. The first-order chi connectivity index (χ1) is 11.6. The predicted molar refractivity (Wildman–Crippen MR) is 94.8 cm³/mol. The molecule has 3 N–H and O–H groups in total. The molecule has 0 fully saturated rings. The SMILES string of the molecule is CCNC(=O)Nc1ccc2ncc(Nc3ccc(Cl)cc3)nc2n1. The fourth-order valence-electron chi connectivity index (χ4n) is 2.03. The number of benzene rings is 1. The maximum atomic E-state index is 11.6. The Labute approximate surface area is 143 Å². The molecule has 0 unspecified atom stereocenters. The zero-order chi connectivity index (χ0) is 16.9. The van der Waals surface area contributed by atoms with Crippen molar-refractivity contribution in [2.45, 2.75) is 6.92 Å². The van der Waals surface area contributed by atoms with Crippen LogP contribution in [0.4, 0.5) is 22.1 Å². The van der Waals surface area contributed by atoms with Gasteiger partial charge in [0.05, 0.1) is 6.20 Å². The summed E-state index contributed by atoms with van der Waals surface area (Å²) in [5, 5.41) is 9.08. The number of carbonyl (C=O) groups is 1. The van der Waals surface area contributed by atoms with Gasteiger partial charge in [-0.05, 0) is 43.3 Å². The molecule has 0 atom stereocenters. The summed E-state index contributed by atoms with van der Waals surface area (Å²) >= 11 is 5.87. The Kier molecular flexibility index (Phi) is 4.72. The van der Waals surface area contributed by atoms with Crippen LogP contribution in [0.25, 0.3) is 11.2 Å². The summed E-state index contributed by atoms with van der Waals surface area (Å²) in [5.41, 5.74) is 1.91. The first kappa shape index (κ1) is 15.9. The molecule has 0 spiro atoms. The lowest BCUT2D eigenvalue weighted by Crippen LogP contribution is -2.28. The van der Waals surface area contributed by atoms with E-state index in [-0.39, 0.29) is 6.03 Å². The number of anilines is 3. The molecule has 0 saturated heterocycles. The molecule has 3 aromatic rings. The van der Waals surface area contributed by atoms with Crippen LogP contribution in [0, 0.1) is 0 Å². The number of urea groups is 1. The fraction of sp³-hybridized carbons (Fsp3) is 0.125. The van der Waals surface area contributed by atoms with Crippen LogP contribution < -0.4 is 16.0 Å². The molecule has 0 aliphatic carbocycles. The first-order valence-corrected chi connectivity index (χ1v) is 7.73. The van der Waals surface area contributed by atoms with Crippen molar-refractivity contribution in [1.82, 2.24) is 20.3 Å². The van der Waals surface area contributed by atoms with Crippen LogP contribution in [0.5, 0.6) is 0 Å². The molecule has 8 heteroatoms. The monoisotopic (exact) mass is 342 g/mol. The molecule has 0 bridgehead atoms. The molecular weight excluding hydrogens is 328 g/mol. The first-order valence-electron chi connectivity index (χ1n) is 7.35. The van der Waals surface area contributed by atoms with E-state index in [1.165, 1.54) is 0 Å². The molecule has 7 nitrogen and oxygen atoms in total. The van der Waals surface area contributed by atoms with Gasteiger partial charge in [0.1, 0.15) is 11.3 Å². The van der Waals surface area contributed by atoms with E-state index in [0.717, 1.165) is 5.69 Å². The van der Waals surface area contributed by atoms with E-state index in [1.54, 1.807) is 30.5 Å². The Hall–Kier alpha value is -2.93. The molecule has 0 radical (unpaired) electrons. The molecule has 1 aromatic carbocycles. The number of rotatable bonds is 4. The van der Waals surface area contributed by atoms with Crippen LogP contribution >= 0.6 is 11.6 Å². The van der Waals surface area contributed by atoms with Crippen LogP contribution in [-0.2, 0) is 0 Å². The number of aromatic nitrogens is 3. The van der Waals surface area contributed by atoms with E-state index >= 15 is 0 Å². The van der Waals surface area contributed by atoms with Gasteiger partial charge < -0.3 is 10.6 Å². The van der Waals surface area contributed by atoms with Crippen molar-refractivity contribution < 1.29 is 4.79 Å². The van der Waals surface area contributed by atoms with E-state index in [0.29, 0.717) is 34.4 Å². The summed E-state index contributed by atoms with van der Waals surface area (Å²) < 4.78 is 0. The minimum atomic E-state index is -0.312. The molecule has 2 amide bonds. The minimum absolute atomic E-state index is 0.312. The molecule has 122 valence electrons. The molecule has 0 aliphatic heterocycles. The number of amides is 2. The van der Waals surface area contributed by atoms with E-state index in [2.05, 4.69) is 30.9 Å². The number of nitrogens with one attached hydrogen (secondary N) is 3. The van der Waals surface area contributed by atoms with Crippen molar-refractivity contribution in [3.05, 3.63) is 47.6 Å². The zero-order valence-electron chi connectivity index (χ0n) is 12.9. The van der Waals surface area contributed by atoms with E-state index in [9.17, 15) is 4.79 Å². The van der Waals surface area contributed by atoms with Crippen molar-refractivity contribution in [3.63, 3.8) is 0 Å². The topological polar surface area (TPSA) is 91.8 Å². The second kappa shape index (κ2) is 7.10. The third kappa shape index (κ3) is 3.88. The van der Waals surface area contributed by atoms with E-state index < -0.39 is 0 Å². The quantitative estimate of drug-likeness (QED) is 0.674. The lowest BCUT2D eigenvalue weighted by molar-refractivity contribution is 0.252. The van der Waals surface area contributed by atoms with Gasteiger partial charge in [0.25, 0.3) is 0 Å². The molecule has 2 heterocycles. The minimum Gasteiger partial charge on any atom is -0.339 e. The summed E-state index contributed by atoms with van der Waals surface area (Å²) in [4.78, 5) is 24.6. The van der Waals surface area contributed by atoms with Crippen LogP contribution in [0.2, 0.25) is 5.02 Å². The predicted octanol–water partition coefficient (Wildman–Crippen LogP) is 3.56. The van der Waals surface area contributed by atoms with Crippen LogP contribution in [-0.4, -0.2) is 27.5 Å².